The second-order valence-corrected chi connectivity index (χ2v) is 5.22. The Labute approximate surface area is 113 Å². The van der Waals surface area contributed by atoms with Crippen LogP contribution in [-0.4, -0.2) is 62.7 Å². The number of hydrogen-bond acceptors (Lipinski definition) is 4. The van der Waals surface area contributed by atoms with Gasteiger partial charge in [0.1, 0.15) is 0 Å². The summed E-state index contributed by atoms with van der Waals surface area (Å²) >= 11 is 0. The van der Waals surface area contributed by atoms with Crippen LogP contribution in [0.5, 0.6) is 0 Å². The second-order valence-electron chi connectivity index (χ2n) is 5.22. The topological polar surface area (TPSA) is 70.7 Å². The molecule has 0 aromatic rings. The van der Waals surface area contributed by atoms with Crippen molar-refractivity contribution in [2.75, 3.05) is 39.9 Å². The van der Waals surface area contributed by atoms with E-state index in [0.717, 1.165) is 25.9 Å². The number of amides is 2. The molecule has 2 atom stereocenters. The molecular weight excluding hydrogens is 246 g/mol. The SMILES string of the molecule is CNC(=O)C1CCCN(C(=O)CC2COCCN2)C1. The van der Waals surface area contributed by atoms with Gasteiger partial charge < -0.3 is 20.3 Å². The summed E-state index contributed by atoms with van der Waals surface area (Å²) in [6.07, 6.45) is 2.23. The fourth-order valence-electron chi connectivity index (χ4n) is 2.71. The van der Waals surface area contributed by atoms with Gasteiger partial charge in [-0.15, -0.1) is 0 Å². The van der Waals surface area contributed by atoms with Crippen LogP contribution in [0.15, 0.2) is 0 Å². The van der Waals surface area contributed by atoms with E-state index in [-0.39, 0.29) is 23.8 Å². The molecule has 0 aromatic heterocycles. The van der Waals surface area contributed by atoms with Gasteiger partial charge in [-0.25, -0.2) is 0 Å². The summed E-state index contributed by atoms with van der Waals surface area (Å²) in [5, 5.41) is 5.95. The highest BCUT2D eigenvalue weighted by atomic mass is 16.5. The first-order valence-corrected chi connectivity index (χ1v) is 7.01. The lowest BCUT2D eigenvalue weighted by molar-refractivity contribution is -0.136. The van der Waals surface area contributed by atoms with Gasteiger partial charge >= 0.3 is 0 Å². The quantitative estimate of drug-likeness (QED) is 0.714. The zero-order chi connectivity index (χ0) is 13.7. The van der Waals surface area contributed by atoms with Crippen molar-refractivity contribution >= 4 is 11.8 Å². The van der Waals surface area contributed by atoms with Gasteiger partial charge in [-0.3, -0.25) is 9.59 Å². The Balaban J connectivity index is 1.82. The Morgan fingerprint density at radius 3 is 3.00 bits per heavy atom. The van der Waals surface area contributed by atoms with Crippen molar-refractivity contribution in [1.82, 2.24) is 15.5 Å². The maximum absolute atomic E-state index is 12.2. The lowest BCUT2D eigenvalue weighted by atomic mass is 9.96. The lowest BCUT2D eigenvalue weighted by Crippen LogP contribution is -2.48. The molecule has 2 saturated heterocycles. The van der Waals surface area contributed by atoms with E-state index in [0.29, 0.717) is 26.2 Å². The third-order valence-electron chi connectivity index (χ3n) is 3.81. The first kappa shape index (κ1) is 14.3. The van der Waals surface area contributed by atoms with Crippen LogP contribution in [0.2, 0.25) is 0 Å². The Morgan fingerprint density at radius 2 is 2.32 bits per heavy atom. The van der Waals surface area contributed by atoms with E-state index in [9.17, 15) is 9.59 Å². The van der Waals surface area contributed by atoms with Gasteiger partial charge in [0.25, 0.3) is 0 Å². The fourth-order valence-corrected chi connectivity index (χ4v) is 2.71. The summed E-state index contributed by atoms with van der Waals surface area (Å²) in [6, 6.07) is 0.113. The van der Waals surface area contributed by atoms with Gasteiger partial charge in [-0.1, -0.05) is 0 Å². The molecule has 2 aliphatic heterocycles. The molecule has 6 nitrogen and oxygen atoms in total. The number of ether oxygens (including phenoxy) is 1. The average Bonchev–Trinajstić information content (AvgIpc) is 2.47. The molecule has 2 fully saturated rings. The Hall–Kier alpha value is -1.14. The minimum atomic E-state index is -0.0572. The number of piperidine rings is 1. The highest BCUT2D eigenvalue weighted by Crippen LogP contribution is 2.18. The van der Waals surface area contributed by atoms with Gasteiger partial charge in [-0.05, 0) is 12.8 Å². The van der Waals surface area contributed by atoms with Gasteiger partial charge in [0, 0.05) is 39.1 Å². The molecule has 108 valence electrons. The summed E-state index contributed by atoms with van der Waals surface area (Å²) in [5.74, 6) is 0.103. The summed E-state index contributed by atoms with van der Waals surface area (Å²) in [6.45, 7) is 3.43. The van der Waals surface area contributed by atoms with Crippen molar-refractivity contribution in [2.24, 2.45) is 5.92 Å². The predicted molar refractivity (Wildman–Crippen MR) is 70.6 cm³/mol. The summed E-state index contributed by atoms with van der Waals surface area (Å²) < 4.78 is 5.35. The van der Waals surface area contributed by atoms with Crippen LogP contribution in [0.3, 0.4) is 0 Å². The van der Waals surface area contributed by atoms with Gasteiger partial charge in [-0.2, -0.15) is 0 Å². The van der Waals surface area contributed by atoms with Crippen LogP contribution in [-0.2, 0) is 14.3 Å². The van der Waals surface area contributed by atoms with Crippen LogP contribution < -0.4 is 10.6 Å². The molecule has 2 unspecified atom stereocenters. The minimum Gasteiger partial charge on any atom is -0.378 e. The van der Waals surface area contributed by atoms with E-state index in [1.807, 2.05) is 4.90 Å². The molecule has 2 N–H and O–H groups in total. The van der Waals surface area contributed by atoms with Crippen LogP contribution in [0, 0.1) is 5.92 Å². The fraction of sp³-hybridized carbons (Fsp3) is 0.846. The van der Waals surface area contributed by atoms with Crippen molar-refractivity contribution in [3.63, 3.8) is 0 Å². The van der Waals surface area contributed by atoms with Gasteiger partial charge in [0.05, 0.1) is 19.1 Å². The smallest absolute Gasteiger partial charge is 0.224 e. The predicted octanol–water partition coefficient (Wildman–Crippen LogP) is -0.650. The van der Waals surface area contributed by atoms with Gasteiger partial charge in [0.15, 0.2) is 0 Å². The van der Waals surface area contributed by atoms with Crippen molar-refractivity contribution in [1.29, 1.82) is 0 Å². The average molecular weight is 269 g/mol. The van der Waals surface area contributed by atoms with Crippen LogP contribution in [0.1, 0.15) is 19.3 Å². The van der Waals surface area contributed by atoms with E-state index in [1.54, 1.807) is 7.05 Å². The molecule has 0 aliphatic carbocycles. The first-order chi connectivity index (χ1) is 9.20. The normalized spacial score (nSPS) is 27.9. The third kappa shape index (κ3) is 3.91. The number of nitrogens with zero attached hydrogens (tertiary/aromatic N) is 1. The number of rotatable bonds is 3. The molecule has 2 aliphatic rings. The number of carbonyl (C=O) groups is 2. The van der Waals surface area contributed by atoms with Crippen molar-refractivity contribution in [2.45, 2.75) is 25.3 Å². The molecule has 2 rings (SSSR count). The molecular formula is C13H23N3O3. The van der Waals surface area contributed by atoms with E-state index in [4.69, 9.17) is 4.74 Å². The molecule has 6 heteroatoms. The van der Waals surface area contributed by atoms with E-state index < -0.39 is 0 Å². The second kappa shape index (κ2) is 6.86. The number of carbonyl (C=O) groups excluding carboxylic acids is 2. The molecule has 0 spiro atoms. The number of morpholine rings is 1. The van der Waals surface area contributed by atoms with Crippen molar-refractivity contribution < 1.29 is 14.3 Å². The number of nitrogens with one attached hydrogen (secondary N) is 2. The maximum Gasteiger partial charge on any atom is 0.224 e. The van der Waals surface area contributed by atoms with Crippen molar-refractivity contribution in [3.05, 3.63) is 0 Å². The number of hydrogen-bond donors (Lipinski definition) is 2. The maximum atomic E-state index is 12.2. The molecule has 2 heterocycles. The highest BCUT2D eigenvalue weighted by molar-refractivity contribution is 5.81. The van der Waals surface area contributed by atoms with E-state index >= 15 is 0 Å². The standard InChI is InChI=1S/C13H23N3O3/c1-14-13(18)10-3-2-5-16(8-10)12(17)7-11-9-19-6-4-15-11/h10-11,15H,2-9H2,1H3,(H,14,18). The third-order valence-corrected chi connectivity index (χ3v) is 3.81. The molecule has 0 radical (unpaired) electrons. The molecule has 19 heavy (non-hydrogen) atoms. The lowest BCUT2D eigenvalue weighted by Gasteiger charge is -2.33. The summed E-state index contributed by atoms with van der Waals surface area (Å²) in [4.78, 5) is 25.7. The van der Waals surface area contributed by atoms with Crippen molar-refractivity contribution in [3.8, 4) is 0 Å². The molecule has 2 amide bonds. The minimum absolute atomic E-state index is 0.0385. The van der Waals surface area contributed by atoms with Crippen LogP contribution in [0.4, 0.5) is 0 Å². The van der Waals surface area contributed by atoms with E-state index in [1.165, 1.54) is 0 Å². The molecule has 0 bridgehead atoms. The molecule has 0 aromatic carbocycles. The zero-order valence-corrected chi connectivity index (χ0v) is 11.5. The Bertz CT molecular complexity index is 329. The van der Waals surface area contributed by atoms with Crippen LogP contribution in [0.25, 0.3) is 0 Å². The zero-order valence-electron chi connectivity index (χ0n) is 11.5. The van der Waals surface area contributed by atoms with Gasteiger partial charge in [0.2, 0.25) is 11.8 Å². The highest BCUT2D eigenvalue weighted by Gasteiger charge is 2.29. The summed E-state index contributed by atoms with van der Waals surface area (Å²) in [5.41, 5.74) is 0. The summed E-state index contributed by atoms with van der Waals surface area (Å²) in [7, 11) is 1.65. The van der Waals surface area contributed by atoms with E-state index in [2.05, 4.69) is 10.6 Å². The largest absolute Gasteiger partial charge is 0.378 e. The molecule has 0 saturated carbocycles. The van der Waals surface area contributed by atoms with Crippen LogP contribution >= 0.6 is 0 Å². The first-order valence-electron chi connectivity index (χ1n) is 7.01. The Morgan fingerprint density at radius 1 is 1.47 bits per heavy atom. The number of likely N-dealkylation sites (tertiary alicyclic amines) is 1. The monoisotopic (exact) mass is 269 g/mol. The Kier molecular flexibility index (Phi) is 5.15.